The second-order valence-electron chi connectivity index (χ2n) is 9.19. The fourth-order valence-corrected chi connectivity index (χ4v) is 6.48. The number of nitrogens with two attached hydrogens (primary N) is 1. The number of nitrogens with zero attached hydrogens (tertiary/aromatic N) is 3. The second-order valence-corrected chi connectivity index (χ2v) is 11.5. The number of rotatable bonds is 10. The van der Waals surface area contributed by atoms with Gasteiger partial charge in [-0.1, -0.05) is 6.07 Å². The van der Waals surface area contributed by atoms with Crippen LogP contribution in [0.1, 0.15) is 32.3 Å². The first-order valence-electron chi connectivity index (χ1n) is 12.5. The highest BCUT2D eigenvalue weighted by Gasteiger charge is 2.38. The molecule has 2 aromatic heterocycles. The summed E-state index contributed by atoms with van der Waals surface area (Å²) in [7, 11) is 0. The zero-order chi connectivity index (χ0) is 24.6. The fourth-order valence-electron chi connectivity index (χ4n) is 4.88. The fraction of sp³-hybridized carbons (Fsp3) is 0.600. The van der Waals surface area contributed by atoms with Gasteiger partial charge in [0.25, 0.3) is 5.91 Å². The topological polar surface area (TPSA) is 91.1 Å². The van der Waals surface area contributed by atoms with Gasteiger partial charge in [-0.3, -0.25) is 19.4 Å². The standard InChI is InChI=1S/C25H37N5O3S2/c1-19-4-5-21(35-19)18-29(11-10-28-12-14-33-15-13-28)20-6-9-30(25(32)23-3-2-16-34-23)22(17-20)24(31)27-8-7-26/h2-5,16,20,22H,6-15,17-18,26H2,1H3,(H,27,31)/t20?,22-/m1/s1. The van der Waals surface area contributed by atoms with Crippen molar-refractivity contribution in [2.45, 2.75) is 38.4 Å². The van der Waals surface area contributed by atoms with Gasteiger partial charge < -0.3 is 20.7 Å². The largest absolute Gasteiger partial charge is 0.379 e. The molecule has 0 saturated carbocycles. The van der Waals surface area contributed by atoms with Crippen molar-refractivity contribution in [3.8, 4) is 0 Å². The predicted molar refractivity (Wildman–Crippen MR) is 141 cm³/mol. The number of ether oxygens (including phenoxy) is 1. The third kappa shape index (κ3) is 7.12. The van der Waals surface area contributed by atoms with Crippen molar-refractivity contribution in [2.24, 2.45) is 5.73 Å². The molecule has 0 radical (unpaired) electrons. The maximum atomic E-state index is 13.3. The normalized spacial score (nSPS) is 21.4. The van der Waals surface area contributed by atoms with Gasteiger partial charge in [0, 0.05) is 68.2 Å². The number of likely N-dealkylation sites (tertiary alicyclic amines) is 1. The van der Waals surface area contributed by atoms with Crippen LogP contribution in [-0.2, 0) is 16.1 Å². The van der Waals surface area contributed by atoms with E-state index < -0.39 is 6.04 Å². The summed E-state index contributed by atoms with van der Waals surface area (Å²) in [6.45, 7) is 9.77. The van der Waals surface area contributed by atoms with E-state index in [1.54, 1.807) is 4.90 Å². The first-order valence-corrected chi connectivity index (χ1v) is 14.2. The molecule has 0 aliphatic carbocycles. The second kappa shape index (κ2) is 12.9. The van der Waals surface area contributed by atoms with Gasteiger partial charge in [0.05, 0.1) is 18.1 Å². The lowest BCUT2D eigenvalue weighted by Gasteiger charge is -2.43. The van der Waals surface area contributed by atoms with Gasteiger partial charge in [-0.05, 0) is 43.3 Å². The molecule has 35 heavy (non-hydrogen) atoms. The molecule has 2 aliphatic rings. The van der Waals surface area contributed by atoms with Crippen LogP contribution in [0.3, 0.4) is 0 Å². The monoisotopic (exact) mass is 519 g/mol. The molecule has 4 heterocycles. The minimum Gasteiger partial charge on any atom is -0.379 e. The molecule has 2 aliphatic heterocycles. The average Bonchev–Trinajstić information content (AvgIpc) is 3.57. The molecule has 10 heteroatoms. The maximum absolute atomic E-state index is 13.3. The summed E-state index contributed by atoms with van der Waals surface area (Å²) in [5.74, 6) is -0.162. The zero-order valence-corrected chi connectivity index (χ0v) is 22.1. The minimum atomic E-state index is -0.495. The van der Waals surface area contributed by atoms with Crippen LogP contribution in [0.15, 0.2) is 29.6 Å². The number of hydrogen-bond acceptors (Lipinski definition) is 8. The molecular weight excluding hydrogens is 482 g/mol. The quantitative estimate of drug-likeness (QED) is 0.499. The molecule has 192 valence electrons. The van der Waals surface area contributed by atoms with Crippen molar-refractivity contribution >= 4 is 34.5 Å². The van der Waals surface area contributed by atoms with Gasteiger partial charge in [0.2, 0.25) is 5.91 Å². The Morgan fingerprint density at radius 3 is 2.74 bits per heavy atom. The molecule has 0 bridgehead atoms. The number of carbonyl (C=O) groups is 2. The number of amides is 2. The summed E-state index contributed by atoms with van der Waals surface area (Å²) in [5.41, 5.74) is 5.64. The average molecular weight is 520 g/mol. The number of thiophene rings is 2. The van der Waals surface area contributed by atoms with E-state index in [0.717, 1.165) is 52.4 Å². The SMILES string of the molecule is Cc1ccc(CN(CCN2CCOCC2)C2CCN(C(=O)c3cccs3)[C@@H](C(=O)NCCN)C2)s1. The molecule has 0 aromatic carbocycles. The number of nitrogens with one attached hydrogen (secondary N) is 1. The third-order valence-corrected chi connectivity index (χ3v) is 8.64. The van der Waals surface area contributed by atoms with E-state index in [-0.39, 0.29) is 17.9 Å². The van der Waals surface area contributed by atoms with E-state index >= 15 is 0 Å². The third-order valence-electron chi connectivity index (χ3n) is 6.79. The predicted octanol–water partition coefficient (Wildman–Crippen LogP) is 2.00. The number of morpholine rings is 1. The van der Waals surface area contributed by atoms with Crippen LogP contribution in [-0.4, -0.2) is 97.6 Å². The summed E-state index contributed by atoms with van der Waals surface area (Å²) < 4.78 is 5.52. The maximum Gasteiger partial charge on any atom is 0.264 e. The Labute approximate surface area is 216 Å². The molecule has 2 atom stereocenters. The molecule has 3 N–H and O–H groups in total. The van der Waals surface area contributed by atoms with E-state index in [0.29, 0.717) is 30.9 Å². The molecule has 0 spiro atoms. The summed E-state index contributed by atoms with van der Waals surface area (Å²) in [6, 6.07) is 7.82. The lowest BCUT2D eigenvalue weighted by Crippen LogP contribution is -2.58. The van der Waals surface area contributed by atoms with Crippen LogP contribution in [0.25, 0.3) is 0 Å². The molecule has 2 fully saturated rings. The van der Waals surface area contributed by atoms with Crippen molar-refractivity contribution in [1.29, 1.82) is 0 Å². The van der Waals surface area contributed by atoms with E-state index in [4.69, 9.17) is 10.5 Å². The van der Waals surface area contributed by atoms with E-state index in [1.165, 1.54) is 21.1 Å². The van der Waals surface area contributed by atoms with Crippen LogP contribution in [0.4, 0.5) is 0 Å². The van der Waals surface area contributed by atoms with Crippen LogP contribution >= 0.6 is 22.7 Å². The Balaban J connectivity index is 1.50. The molecule has 2 aromatic rings. The van der Waals surface area contributed by atoms with Crippen molar-refractivity contribution in [3.63, 3.8) is 0 Å². The molecule has 8 nitrogen and oxygen atoms in total. The van der Waals surface area contributed by atoms with Crippen molar-refractivity contribution in [2.75, 3.05) is 59.0 Å². The summed E-state index contributed by atoms with van der Waals surface area (Å²) in [5, 5.41) is 4.84. The van der Waals surface area contributed by atoms with Gasteiger partial charge in [-0.15, -0.1) is 22.7 Å². The van der Waals surface area contributed by atoms with Crippen molar-refractivity contribution in [1.82, 2.24) is 20.0 Å². The number of piperidine rings is 1. The van der Waals surface area contributed by atoms with Crippen molar-refractivity contribution in [3.05, 3.63) is 44.3 Å². The Bertz CT molecular complexity index is 945. The summed E-state index contributed by atoms with van der Waals surface area (Å²) in [4.78, 5) is 36.5. The lowest BCUT2D eigenvalue weighted by molar-refractivity contribution is -0.127. The first kappa shape index (κ1) is 26.2. The molecule has 1 unspecified atom stereocenters. The zero-order valence-electron chi connectivity index (χ0n) is 20.5. The highest BCUT2D eigenvalue weighted by Crippen LogP contribution is 2.28. The minimum absolute atomic E-state index is 0.0555. The molecule has 4 rings (SSSR count). The van der Waals surface area contributed by atoms with Crippen LogP contribution in [0, 0.1) is 6.92 Å². The molecule has 2 amide bonds. The molecular formula is C25H37N5O3S2. The molecule has 2 saturated heterocycles. The Morgan fingerprint density at radius 1 is 1.23 bits per heavy atom. The van der Waals surface area contributed by atoms with Crippen LogP contribution in [0.2, 0.25) is 0 Å². The Kier molecular flexibility index (Phi) is 9.70. The van der Waals surface area contributed by atoms with Gasteiger partial charge in [0.1, 0.15) is 6.04 Å². The van der Waals surface area contributed by atoms with Crippen molar-refractivity contribution < 1.29 is 14.3 Å². The Hall–Kier alpha value is -1.82. The van der Waals surface area contributed by atoms with Crippen LogP contribution in [0.5, 0.6) is 0 Å². The lowest BCUT2D eigenvalue weighted by atomic mass is 9.94. The van der Waals surface area contributed by atoms with Gasteiger partial charge in [0.15, 0.2) is 0 Å². The van der Waals surface area contributed by atoms with E-state index in [1.807, 2.05) is 28.8 Å². The first-order chi connectivity index (χ1) is 17.0. The van der Waals surface area contributed by atoms with Gasteiger partial charge >= 0.3 is 0 Å². The smallest absolute Gasteiger partial charge is 0.264 e. The Morgan fingerprint density at radius 2 is 2.06 bits per heavy atom. The number of aryl methyl sites for hydroxylation is 1. The van der Waals surface area contributed by atoms with Gasteiger partial charge in [-0.2, -0.15) is 0 Å². The number of carbonyl (C=O) groups excluding carboxylic acids is 2. The van der Waals surface area contributed by atoms with Crippen LogP contribution < -0.4 is 11.1 Å². The van der Waals surface area contributed by atoms with Gasteiger partial charge in [-0.25, -0.2) is 0 Å². The summed E-state index contributed by atoms with van der Waals surface area (Å²) in [6.07, 6.45) is 1.48. The highest BCUT2D eigenvalue weighted by molar-refractivity contribution is 7.12. The summed E-state index contributed by atoms with van der Waals surface area (Å²) >= 11 is 3.26. The number of hydrogen-bond donors (Lipinski definition) is 2. The van der Waals surface area contributed by atoms with E-state index in [9.17, 15) is 9.59 Å². The highest BCUT2D eigenvalue weighted by atomic mass is 32.1. The van der Waals surface area contributed by atoms with E-state index in [2.05, 4.69) is 34.2 Å².